The predicted octanol–water partition coefficient (Wildman–Crippen LogP) is 2.29. The molecule has 2 N–H and O–H groups in total. The van der Waals surface area contributed by atoms with Crippen molar-refractivity contribution in [3.63, 3.8) is 0 Å². The van der Waals surface area contributed by atoms with Crippen LogP contribution in [0.4, 0.5) is 11.8 Å². The highest BCUT2D eigenvalue weighted by Gasteiger charge is 2.15. The normalized spacial score (nSPS) is 16.4. The van der Waals surface area contributed by atoms with Crippen LogP contribution in [0.15, 0.2) is 6.20 Å². The van der Waals surface area contributed by atoms with Crippen LogP contribution in [0, 0.1) is 5.92 Å². The monoisotopic (exact) mass is 235 g/mol. The van der Waals surface area contributed by atoms with Gasteiger partial charge in [-0.05, 0) is 18.8 Å². The Balaban J connectivity index is 1.91. The van der Waals surface area contributed by atoms with Crippen molar-refractivity contribution in [3.8, 4) is 0 Å². The molecule has 1 fully saturated rings. The molecular weight excluding hydrogens is 214 g/mol. The number of aromatic nitrogens is 3. The molecule has 1 saturated carbocycles. The molecule has 0 unspecified atom stereocenters. The van der Waals surface area contributed by atoms with E-state index in [4.69, 9.17) is 0 Å². The maximum absolute atomic E-state index is 4.41. The second-order valence-electron chi connectivity index (χ2n) is 5.07. The first-order chi connectivity index (χ1) is 8.24. The van der Waals surface area contributed by atoms with E-state index in [9.17, 15) is 0 Å². The summed E-state index contributed by atoms with van der Waals surface area (Å²) in [5.41, 5.74) is 0. The summed E-state index contributed by atoms with van der Waals surface area (Å²) in [4.78, 5) is 4.41. The summed E-state index contributed by atoms with van der Waals surface area (Å²) in [6.07, 6.45) is 6.79. The molecule has 2 rings (SSSR count). The second kappa shape index (κ2) is 5.80. The lowest BCUT2D eigenvalue weighted by molar-refractivity contribution is 0.682. The van der Waals surface area contributed by atoms with Crippen LogP contribution < -0.4 is 10.6 Å². The lowest BCUT2D eigenvalue weighted by atomic mass is 10.2. The Morgan fingerprint density at radius 2 is 2.12 bits per heavy atom. The molecule has 1 aromatic rings. The molecule has 1 aliphatic rings. The third-order valence-corrected chi connectivity index (χ3v) is 2.93. The number of nitrogens with one attached hydrogen (secondary N) is 2. The van der Waals surface area contributed by atoms with Gasteiger partial charge in [0, 0.05) is 12.6 Å². The Kier molecular flexibility index (Phi) is 4.12. The summed E-state index contributed by atoms with van der Waals surface area (Å²) >= 11 is 0. The van der Waals surface area contributed by atoms with E-state index in [1.165, 1.54) is 25.7 Å². The van der Waals surface area contributed by atoms with Gasteiger partial charge in [-0.3, -0.25) is 0 Å². The van der Waals surface area contributed by atoms with Gasteiger partial charge in [-0.1, -0.05) is 26.7 Å². The van der Waals surface area contributed by atoms with Gasteiger partial charge in [-0.25, -0.2) is 0 Å². The summed E-state index contributed by atoms with van der Waals surface area (Å²) in [5.74, 6) is 2.02. The Morgan fingerprint density at radius 1 is 1.35 bits per heavy atom. The van der Waals surface area contributed by atoms with Gasteiger partial charge in [0.05, 0.1) is 6.20 Å². The highest BCUT2D eigenvalue weighted by molar-refractivity contribution is 5.37. The molecule has 0 saturated heterocycles. The van der Waals surface area contributed by atoms with Gasteiger partial charge in [0.2, 0.25) is 5.95 Å². The molecule has 1 aliphatic carbocycles. The number of hydrogen-bond donors (Lipinski definition) is 2. The van der Waals surface area contributed by atoms with E-state index in [0.29, 0.717) is 17.9 Å². The van der Waals surface area contributed by atoms with E-state index in [-0.39, 0.29) is 0 Å². The van der Waals surface area contributed by atoms with Crippen LogP contribution in [-0.4, -0.2) is 27.8 Å². The largest absolute Gasteiger partial charge is 0.366 e. The van der Waals surface area contributed by atoms with Crippen LogP contribution in [0.1, 0.15) is 39.5 Å². The van der Waals surface area contributed by atoms with Crippen molar-refractivity contribution >= 4 is 11.8 Å². The van der Waals surface area contributed by atoms with Crippen molar-refractivity contribution in [2.24, 2.45) is 5.92 Å². The quantitative estimate of drug-likeness (QED) is 0.820. The maximum atomic E-state index is 4.41. The van der Waals surface area contributed by atoms with Crippen LogP contribution in [0.25, 0.3) is 0 Å². The summed E-state index contributed by atoms with van der Waals surface area (Å²) in [6, 6.07) is 0.560. The fraction of sp³-hybridized carbons (Fsp3) is 0.750. The molecule has 0 spiro atoms. The molecule has 1 heterocycles. The van der Waals surface area contributed by atoms with Gasteiger partial charge in [0.15, 0.2) is 5.82 Å². The van der Waals surface area contributed by atoms with Gasteiger partial charge in [0.25, 0.3) is 0 Å². The minimum Gasteiger partial charge on any atom is -0.366 e. The van der Waals surface area contributed by atoms with Crippen LogP contribution in [0.3, 0.4) is 0 Å². The highest BCUT2D eigenvalue weighted by Crippen LogP contribution is 2.21. The molecule has 0 radical (unpaired) electrons. The molecule has 0 aromatic carbocycles. The fourth-order valence-corrected chi connectivity index (χ4v) is 2.02. The minimum absolute atomic E-state index is 0.560. The topological polar surface area (TPSA) is 62.7 Å². The van der Waals surface area contributed by atoms with Crippen LogP contribution in [0.2, 0.25) is 0 Å². The zero-order valence-corrected chi connectivity index (χ0v) is 10.6. The molecule has 0 bridgehead atoms. The van der Waals surface area contributed by atoms with Gasteiger partial charge in [0.1, 0.15) is 0 Å². The standard InChI is InChI=1S/C12H21N5/c1-9(2)7-13-12-16-11(8-14-17-12)15-10-5-3-4-6-10/h8-10H,3-7H2,1-2H3,(H2,13,15,16,17). The number of rotatable bonds is 5. The van der Waals surface area contributed by atoms with E-state index in [1.807, 2.05) is 0 Å². The molecular formula is C12H21N5. The van der Waals surface area contributed by atoms with E-state index in [1.54, 1.807) is 6.20 Å². The first kappa shape index (κ1) is 12.1. The molecule has 5 heteroatoms. The summed E-state index contributed by atoms with van der Waals surface area (Å²) in [6.45, 7) is 5.18. The van der Waals surface area contributed by atoms with E-state index in [0.717, 1.165) is 12.4 Å². The van der Waals surface area contributed by atoms with Crippen molar-refractivity contribution in [3.05, 3.63) is 6.20 Å². The Labute approximate surface area is 102 Å². The van der Waals surface area contributed by atoms with Crippen LogP contribution in [0.5, 0.6) is 0 Å². The van der Waals surface area contributed by atoms with Crippen molar-refractivity contribution in [1.29, 1.82) is 0 Å². The highest BCUT2D eigenvalue weighted by atomic mass is 15.3. The van der Waals surface area contributed by atoms with E-state index in [2.05, 4.69) is 39.7 Å². The first-order valence-corrected chi connectivity index (χ1v) is 6.44. The zero-order valence-electron chi connectivity index (χ0n) is 10.6. The summed E-state index contributed by atoms with van der Waals surface area (Å²) < 4.78 is 0. The average Bonchev–Trinajstić information content (AvgIpc) is 2.80. The predicted molar refractivity (Wildman–Crippen MR) is 69.0 cm³/mol. The van der Waals surface area contributed by atoms with Crippen molar-refractivity contribution in [2.75, 3.05) is 17.2 Å². The SMILES string of the molecule is CC(C)CNc1nncc(NC2CCCC2)n1. The lowest BCUT2D eigenvalue weighted by Gasteiger charge is -2.13. The van der Waals surface area contributed by atoms with E-state index < -0.39 is 0 Å². The molecule has 0 aliphatic heterocycles. The summed E-state index contributed by atoms with van der Waals surface area (Å²) in [7, 11) is 0. The molecule has 5 nitrogen and oxygen atoms in total. The Morgan fingerprint density at radius 3 is 2.82 bits per heavy atom. The smallest absolute Gasteiger partial charge is 0.244 e. The van der Waals surface area contributed by atoms with Crippen LogP contribution in [-0.2, 0) is 0 Å². The number of nitrogens with zero attached hydrogens (tertiary/aromatic N) is 3. The van der Waals surface area contributed by atoms with Crippen molar-refractivity contribution in [1.82, 2.24) is 15.2 Å². The molecule has 1 aromatic heterocycles. The van der Waals surface area contributed by atoms with Crippen molar-refractivity contribution < 1.29 is 0 Å². The van der Waals surface area contributed by atoms with E-state index >= 15 is 0 Å². The zero-order chi connectivity index (χ0) is 12.1. The molecule has 17 heavy (non-hydrogen) atoms. The lowest BCUT2D eigenvalue weighted by Crippen LogP contribution is -2.17. The molecule has 0 amide bonds. The van der Waals surface area contributed by atoms with Gasteiger partial charge in [-0.15, -0.1) is 5.10 Å². The minimum atomic E-state index is 0.560. The van der Waals surface area contributed by atoms with Crippen molar-refractivity contribution in [2.45, 2.75) is 45.6 Å². The third-order valence-electron chi connectivity index (χ3n) is 2.93. The van der Waals surface area contributed by atoms with Gasteiger partial charge >= 0.3 is 0 Å². The Bertz CT molecular complexity index is 347. The summed E-state index contributed by atoms with van der Waals surface area (Å²) in [5, 5.41) is 14.5. The third kappa shape index (κ3) is 3.84. The second-order valence-corrected chi connectivity index (χ2v) is 5.07. The molecule has 94 valence electrons. The Hall–Kier alpha value is -1.39. The fourth-order valence-electron chi connectivity index (χ4n) is 2.02. The van der Waals surface area contributed by atoms with Gasteiger partial charge < -0.3 is 10.6 Å². The average molecular weight is 235 g/mol. The molecule has 0 atom stereocenters. The number of hydrogen-bond acceptors (Lipinski definition) is 5. The first-order valence-electron chi connectivity index (χ1n) is 6.44. The van der Waals surface area contributed by atoms with Gasteiger partial charge in [-0.2, -0.15) is 10.1 Å². The van der Waals surface area contributed by atoms with Crippen LogP contribution >= 0.6 is 0 Å². The number of anilines is 2. The maximum Gasteiger partial charge on any atom is 0.244 e.